The van der Waals surface area contributed by atoms with Gasteiger partial charge >= 0.3 is 6.03 Å². The zero-order chi connectivity index (χ0) is 11.3. The maximum absolute atomic E-state index is 12.7. The van der Waals surface area contributed by atoms with Gasteiger partial charge in [-0.05, 0) is 12.8 Å². The van der Waals surface area contributed by atoms with Crippen LogP contribution in [0.2, 0.25) is 0 Å². The highest BCUT2D eigenvalue weighted by atomic mass is 19.3. The van der Waals surface area contributed by atoms with E-state index >= 15 is 0 Å². The van der Waals surface area contributed by atoms with Gasteiger partial charge in [0.15, 0.2) is 0 Å². The lowest BCUT2D eigenvalue weighted by molar-refractivity contribution is 0.0143. The van der Waals surface area contributed by atoms with Gasteiger partial charge in [-0.15, -0.1) is 0 Å². The first kappa shape index (κ1) is 12.2. The van der Waals surface area contributed by atoms with E-state index in [2.05, 4.69) is 10.6 Å². The Morgan fingerprint density at radius 2 is 2.00 bits per heavy atom. The average Bonchev–Trinajstić information content (AvgIpc) is 2.68. The van der Waals surface area contributed by atoms with Crippen LogP contribution in [0.3, 0.4) is 0 Å². The second kappa shape index (κ2) is 5.25. The molecule has 1 fully saturated rings. The van der Waals surface area contributed by atoms with Crippen molar-refractivity contribution in [2.45, 2.75) is 37.6 Å². The molecule has 88 valence electrons. The van der Waals surface area contributed by atoms with Crippen LogP contribution in [0.1, 0.15) is 25.7 Å². The molecule has 1 aliphatic carbocycles. The average molecular weight is 221 g/mol. The van der Waals surface area contributed by atoms with Crippen molar-refractivity contribution in [1.82, 2.24) is 10.6 Å². The highest BCUT2D eigenvalue weighted by Gasteiger charge is 2.27. The van der Waals surface area contributed by atoms with E-state index in [1.54, 1.807) is 0 Å². The van der Waals surface area contributed by atoms with Crippen molar-refractivity contribution >= 4 is 6.03 Å². The summed E-state index contributed by atoms with van der Waals surface area (Å²) in [5.74, 6) is -3.02. The Morgan fingerprint density at radius 3 is 2.53 bits per heavy atom. The molecule has 0 heterocycles. The smallest absolute Gasteiger partial charge is 0.315 e. The quantitative estimate of drug-likeness (QED) is 0.658. The second-order valence-electron chi connectivity index (χ2n) is 3.87. The van der Waals surface area contributed by atoms with Crippen LogP contribution in [0.5, 0.6) is 0 Å². The summed E-state index contributed by atoms with van der Waals surface area (Å²) in [4.78, 5) is 11.2. The molecule has 0 atom stereocenters. The fourth-order valence-electron chi connectivity index (χ4n) is 1.59. The summed E-state index contributed by atoms with van der Waals surface area (Å²) in [6.45, 7) is -1.46. The van der Waals surface area contributed by atoms with Gasteiger partial charge in [0.05, 0.1) is 13.1 Å². The second-order valence-corrected chi connectivity index (χ2v) is 3.87. The fourth-order valence-corrected chi connectivity index (χ4v) is 1.59. The Kier molecular flexibility index (Phi) is 4.26. The molecule has 0 unspecified atom stereocenters. The first-order valence-electron chi connectivity index (χ1n) is 5.16. The third kappa shape index (κ3) is 4.42. The number of hydrogen-bond donors (Lipinski definition) is 3. The molecule has 15 heavy (non-hydrogen) atoms. The third-order valence-electron chi connectivity index (χ3n) is 2.50. The van der Waals surface area contributed by atoms with Gasteiger partial charge in [-0.3, -0.25) is 0 Å². The predicted molar refractivity (Wildman–Crippen MR) is 52.8 cm³/mol. The van der Waals surface area contributed by atoms with Gasteiger partial charge in [-0.25, -0.2) is 13.6 Å². The lowest BCUT2D eigenvalue weighted by Crippen LogP contribution is -2.47. The summed E-state index contributed by atoms with van der Waals surface area (Å²) in [5.41, 5.74) is 4.83. The number of carbonyl (C=O) groups is 1. The summed E-state index contributed by atoms with van der Waals surface area (Å²) in [5, 5.41) is 4.77. The van der Waals surface area contributed by atoms with E-state index in [1.165, 1.54) is 0 Å². The van der Waals surface area contributed by atoms with Crippen molar-refractivity contribution in [3.63, 3.8) is 0 Å². The van der Waals surface area contributed by atoms with Gasteiger partial charge in [0.1, 0.15) is 0 Å². The number of alkyl halides is 2. The highest BCUT2D eigenvalue weighted by molar-refractivity contribution is 5.74. The zero-order valence-electron chi connectivity index (χ0n) is 8.56. The van der Waals surface area contributed by atoms with Crippen LogP contribution in [-0.2, 0) is 0 Å². The van der Waals surface area contributed by atoms with Crippen LogP contribution in [0.4, 0.5) is 13.6 Å². The maximum atomic E-state index is 12.7. The molecule has 0 aliphatic heterocycles. The van der Waals surface area contributed by atoms with Gasteiger partial charge in [0.2, 0.25) is 0 Å². The normalized spacial score (nSPS) is 17.8. The van der Waals surface area contributed by atoms with E-state index in [1.807, 2.05) is 0 Å². The van der Waals surface area contributed by atoms with E-state index in [0.717, 1.165) is 25.7 Å². The number of urea groups is 1. The minimum absolute atomic E-state index is 0.136. The summed E-state index contributed by atoms with van der Waals surface area (Å²) < 4.78 is 25.3. The SMILES string of the molecule is NCC(F)(F)CNC(=O)NC1CCCC1. The molecule has 2 amide bonds. The zero-order valence-corrected chi connectivity index (χ0v) is 8.56. The van der Waals surface area contributed by atoms with Crippen molar-refractivity contribution in [3.8, 4) is 0 Å². The van der Waals surface area contributed by atoms with Crippen LogP contribution in [0.25, 0.3) is 0 Å². The Morgan fingerprint density at radius 1 is 1.40 bits per heavy atom. The molecule has 0 aromatic heterocycles. The van der Waals surface area contributed by atoms with Gasteiger partial charge in [0.25, 0.3) is 5.92 Å². The van der Waals surface area contributed by atoms with Crippen LogP contribution in [-0.4, -0.2) is 31.1 Å². The summed E-state index contributed by atoms with van der Waals surface area (Å²) in [6, 6.07) is -0.397. The van der Waals surface area contributed by atoms with Crippen molar-refractivity contribution in [3.05, 3.63) is 0 Å². The van der Waals surface area contributed by atoms with Gasteiger partial charge in [-0.1, -0.05) is 12.8 Å². The molecule has 1 aliphatic rings. The molecule has 6 heteroatoms. The van der Waals surface area contributed by atoms with Crippen LogP contribution in [0, 0.1) is 0 Å². The Labute approximate surface area is 87.6 Å². The van der Waals surface area contributed by atoms with Crippen molar-refractivity contribution in [2.24, 2.45) is 5.73 Å². The standard InChI is InChI=1S/C9H17F2N3O/c10-9(11,5-12)6-13-8(15)14-7-3-1-2-4-7/h7H,1-6,12H2,(H2,13,14,15). The molecule has 4 N–H and O–H groups in total. The number of carbonyl (C=O) groups excluding carboxylic acids is 1. The first-order valence-corrected chi connectivity index (χ1v) is 5.16. The summed E-state index contributed by atoms with van der Waals surface area (Å²) in [7, 11) is 0. The molecule has 1 rings (SSSR count). The monoisotopic (exact) mass is 221 g/mol. The molecule has 0 spiro atoms. The van der Waals surface area contributed by atoms with Crippen LogP contribution < -0.4 is 16.4 Å². The molecule has 1 saturated carbocycles. The number of nitrogens with one attached hydrogen (secondary N) is 2. The van der Waals surface area contributed by atoms with Gasteiger partial charge in [-0.2, -0.15) is 0 Å². The molecular weight excluding hydrogens is 204 g/mol. The van der Waals surface area contributed by atoms with E-state index in [9.17, 15) is 13.6 Å². The lowest BCUT2D eigenvalue weighted by atomic mass is 10.2. The van der Waals surface area contributed by atoms with Crippen LogP contribution in [0.15, 0.2) is 0 Å². The topological polar surface area (TPSA) is 67.1 Å². The number of nitrogens with two attached hydrogens (primary N) is 1. The predicted octanol–water partition coefficient (Wildman–Crippen LogP) is 0.822. The molecule has 0 aromatic carbocycles. The Balaban J connectivity index is 2.18. The van der Waals surface area contributed by atoms with Gasteiger partial charge < -0.3 is 16.4 Å². The first-order chi connectivity index (χ1) is 7.03. The van der Waals surface area contributed by atoms with Crippen LogP contribution >= 0.6 is 0 Å². The van der Waals surface area contributed by atoms with Crippen molar-refractivity contribution < 1.29 is 13.6 Å². The van der Waals surface area contributed by atoms with Crippen molar-refractivity contribution in [2.75, 3.05) is 13.1 Å². The largest absolute Gasteiger partial charge is 0.335 e. The number of rotatable bonds is 4. The van der Waals surface area contributed by atoms with E-state index in [4.69, 9.17) is 5.73 Å². The molecule has 0 aromatic rings. The maximum Gasteiger partial charge on any atom is 0.315 e. The van der Waals surface area contributed by atoms with Gasteiger partial charge in [0, 0.05) is 6.04 Å². The van der Waals surface area contributed by atoms with E-state index in [-0.39, 0.29) is 6.04 Å². The number of amides is 2. The van der Waals surface area contributed by atoms with E-state index in [0.29, 0.717) is 0 Å². The molecule has 0 radical (unpaired) electrons. The number of hydrogen-bond acceptors (Lipinski definition) is 2. The summed E-state index contributed by atoms with van der Waals surface area (Å²) in [6.07, 6.45) is 4.04. The minimum atomic E-state index is -3.02. The molecule has 4 nitrogen and oxygen atoms in total. The Bertz CT molecular complexity index is 217. The Hall–Kier alpha value is -0.910. The molecule has 0 bridgehead atoms. The molecular formula is C9H17F2N3O. The number of halogens is 2. The van der Waals surface area contributed by atoms with Crippen molar-refractivity contribution in [1.29, 1.82) is 0 Å². The molecule has 0 saturated heterocycles. The third-order valence-corrected chi connectivity index (χ3v) is 2.50. The highest BCUT2D eigenvalue weighted by Crippen LogP contribution is 2.17. The fraction of sp³-hybridized carbons (Fsp3) is 0.889. The summed E-state index contributed by atoms with van der Waals surface area (Å²) >= 11 is 0. The lowest BCUT2D eigenvalue weighted by Gasteiger charge is -2.17. The van der Waals surface area contributed by atoms with E-state index < -0.39 is 25.0 Å². The minimum Gasteiger partial charge on any atom is -0.335 e.